The minimum absolute atomic E-state index is 0.105. The summed E-state index contributed by atoms with van der Waals surface area (Å²) < 4.78 is 40.2. The highest BCUT2D eigenvalue weighted by Gasteiger charge is 2.23. The van der Waals surface area contributed by atoms with E-state index in [9.17, 15) is 22.8 Å². The van der Waals surface area contributed by atoms with Crippen LogP contribution in [0.15, 0.2) is 59.5 Å². The maximum Gasteiger partial charge on any atom is 0.408 e. The van der Waals surface area contributed by atoms with Crippen LogP contribution in [0.3, 0.4) is 0 Å². The molecule has 2 aromatic rings. The lowest BCUT2D eigenvalue weighted by Gasteiger charge is -2.19. The predicted octanol–water partition coefficient (Wildman–Crippen LogP) is 5.19. The highest BCUT2D eigenvalue weighted by atomic mass is 32.2. The van der Waals surface area contributed by atoms with Gasteiger partial charge in [-0.2, -0.15) is 0 Å². The third-order valence-electron chi connectivity index (χ3n) is 5.58. The van der Waals surface area contributed by atoms with Gasteiger partial charge < -0.3 is 19.5 Å². The van der Waals surface area contributed by atoms with Crippen molar-refractivity contribution >= 4 is 39.0 Å². The van der Waals surface area contributed by atoms with Gasteiger partial charge in [0.1, 0.15) is 18.8 Å². The first-order valence-electron chi connectivity index (χ1n) is 13.2. The standard InChI is InChI=1S/C30H39NO8S/c1-6-7-8-12-19-37-28(33)27(23-13-10-9-11-14-23)25(22-15-17-24(18-16-22)40(5,35)36)21-38-26(32)20-31-29(34)39-30(2,3)4/h9-11,13-18H,6-8,12,19-21H2,1-5H3,(H,31,34). The van der Waals surface area contributed by atoms with Crippen molar-refractivity contribution in [1.29, 1.82) is 0 Å². The van der Waals surface area contributed by atoms with E-state index in [0.717, 1.165) is 25.5 Å². The molecule has 0 aliphatic carbocycles. The number of nitrogens with one attached hydrogen (secondary N) is 1. The van der Waals surface area contributed by atoms with Crippen molar-refractivity contribution in [1.82, 2.24) is 5.32 Å². The highest BCUT2D eigenvalue weighted by Crippen LogP contribution is 2.29. The number of ether oxygens (including phenoxy) is 3. The third kappa shape index (κ3) is 11.2. The molecule has 218 valence electrons. The zero-order valence-electron chi connectivity index (χ0n) is 23.8. The van der Waals surface area contributed by atoms with E-state index in [1.165, 1.54) is 12.1 Å². The lowest BCUT2D eigenvalue weighted by atomic mass is 9.95. The number of amides is 1. The van der Waals surface area contributed by atoms with Crippen LogP contribution in [-0.2, 0) is 33.6 Å². The molecular formula is C30H39NO8S. The molecule has 0 heterocycles. The summed E-state index contributed by atoms with van der Waals surface area (Å²) in [6.45, 7) is 6.64. The number of esters is 2. The van der Waals surface area contributed by atoms with Gasteiger partial charge in [0, 0.05) is 11.8 Å². The number of carbonyl (C=O) groups is 3. The second-order valence-electron chi connectivity index (χ2n) is 10.2. The number of benzene rings is 2. The smallest absolute Gasteiger partial charge is 0.408 e. The molecule has 0 unspecified atom stereocenters. The van der Waals surface area contributed by atoms with Gasteiger partial charge in [-0.15, -0.1) is 0 Å². The van der Waals surface area contributed by atoms with Gasteiger partial charge in [-0.1, -0.05) is 68.7 Å². The fraction of sp³-hybridized carbons (Fsp3) is 0.433. The van der Waals surface area contributed by atoms with Gasteiger partial charge in [-0.3, -0.25) is 4.79 Å². The molecule has 0 aliphatic heterocycles. The number of unbranched alkanes of at least 4 members (excludes halogenated alkanes) is 3. The van der Waals surface area contributed by atoms with Crippen molar-refractivity contribution in [2.24, 2.45) is 0 Å². The van der Waals surface area contributed by atoms with E-state index < -0.39 is 40.0 Å². The van der Waals surface area contributed by atoms with Gasteiger partial charge in [-0.25, -0.2) is 18.0 Å². The molecule has 10 heteroatoms. The Kier molecular flexibility index (Phi) is 12.4. The van der Waals surface area contributed by atoms with Gasteiger partial charge in [0.05, 0.1) is 17.1 Å². The third-order valence-corrected chi connectivity index (χ3v) is 6.71. The molecule has 0 aliphatic rings. The van der Waals surface area contributed by atoms with E-state index in [2.05, 4.69) is 12.2 Å². The molecule has 0 radical (unpaired) electrons. The van der Waals surface area contributed by atoms with E-state index in [4.69, 9.17) is 14.2 Å². The van der Waals surface area contributed by atoms with Crippen molar-refractivity contribution < 1.29 is 37.0 Å². The van der Waals surface area contributed by atoms with Gasteiger partial charge in [0.15, 0.2) is 9.84 Å². The number of alkyl carbamates (subject to hydrolysis) is 1. The average molecular weight is 574 g/mol. The Labute approximate surface area is 236 Å². The summed E-state index contributed by atoms with van der Waals surface area (Å²) in [5.74, 6) is -1.34. The lowest BCUT2D eigenvalue weighted by molar-refractivity contribution is -0.141. The van der Waals surface area contributed by atoms with Crippen LogP contribution in [0.25, 0.3) is 11.1 Å². The number of carbonyl (C=O) groups excluding carboxylic acids is 3. The molecule has 0 aromatic heterocycles. The topological polar surface area (TPSA) is 125 Å². The summed E-state index contributed by atoms with van der Waals surface area (Å²) in [4.78, 5) is 38.0. The van der Waals surface area contributed by atoms with Crippen LogP contribution in [0.2, 0.25) is 0 Å². The second-order valence-corrected chi connectivity index (χ2v) is 12.2. The number of rotatable bonds is 13. The molecule has 1 amide bonds. The quantitative estimate of drug-likeness (QED) is 0.114. The van der Waals surface area contributed by atoms with E-state index >= 15 is 0 Å². The summed E-state index contributed by atoms with van der Waals surface area (Å²) in [5, 5.41) is 2.34. The molecule has 1 N–H and O–H groups in total. The summed E-state index contributed by atoms with van der Waals surface area (Å²) in [6, 6.07) is 14.8. The molecule has 2 rings (SSSR count). The van der Waals surface area contributed by atoms with E-state index in [-0.39, 0.29) is 23.7 Å². The maximum absolute atomic E-state index is 13.4. The van der Waals surface area contributed by atoms with E-state index in [1.54, 1.807) is 63.2 Å². The van der Waals surface area contributed by atoms with Crippen molar-refractivity contribution in [2.75, 3.05) is 26.0 Å². The molecule has 0 fully saturated rings. The zero-order chi connectivity index (χ0) is 29.8. The SMILES string of the molecule is CCCCCCOC(=O)C(=C(COC(=O)CNC(=O)OC(C)(C)C)c1ccc(S(C)(=O)=O)cc1)c1ccccc1. The first-order chi connectivity index (χ1) is 18.8. The Bertz CT molecular complexity index is 1280. The molecule has 0 spiro atoms. The largest absolute Gasteiger partial charge is 0.462 e. The second kappa shape index (κ2) is 15.2. The molecule has 0 saturated carbocycles. The van der Waals surface area contributed by atoms with Crippen molar-refractivity contribution in [3.63, 3.8) is 0 Å². The van der Waals surface area contributed by atoms with E-state index in [0.29, 0.717) is 23.1 Å². The number of sulfone groups is 1. The minimum Gasteiger partial charge on any atom is -0.462 e. The Balaban J connectivity index is 2.41. The molecule has 9 nitrogen and oxygen atoms in total. The van der Waals surface area contributed by atoms with Gasteiger partial charge in [0.25, 0.3) is 0 Å². The zero-order valence-corrected chi connectivity index (χ0v) is 24.6. The highest BCUT2D eigenvalue weighted by molar-refractivity contribution is 7.90. The number of hydrogen-bond acceptors (Lipinski definition) is 8. The van der Waals surface area contributed by atoms with Crippen molar-refractivity contribution in [3.05, 3.63) is 65.7 Å². The van der Waals surface area contributed by atoms with Gasteiger partial charge in [0.2, 0.25) is 0 Å². The Morgan fingerprint density at radius 3 is 2.08 bits per heavy atom. The fourth-order valence-electron chi connectivity index (χ4n) is 3.65. The van der Waals surface area contributed by atoms with Gasteiger partial charge >= 0.3 is 18.0 Å². The first-order valence-corrected chi connectivity index (χ1v) is 15.1. The van der Waals surface area contributed by atoms with Crippen LogP contribution in [0.4, 0.5) is 4.79 Å². The molecule has 40 heavy (non-hydrogen) atoms. The van der Waals surface area contributed by atoms with Crippen LogP contribution >= 0.6 is 0 Å². The maximum atomic E-state index is 13.4. The Hall–Kier alpha value is -3.66. The van der Waals surface area contributed by atoms with Crippen LogP contribution in [-0.4, -0.2) is 58.1 Å². The summed E-state index contributed by atoms with van der Waals surface area (Å²) >= 11 is 0. The Morgan fingerprint density at radius 1 is 0.850 bits per heavy atom. The van der Waals surface area contributed by atoms with Crippen LogP contribution in [0, 0.1) is 0 Å². The van der Waals surface area contributed by atoms with Crippen LogP contribution in [0.1, 0.15) is 64.5 Å². The number of hydrogen-bond donors (Lipinski definition) is 1. The van der Waals surface area contributed by atoms with Gasteiger partial charge in [-0.05, 0) is 50.5 Å². The summed E-state index contributed by atoms with van der Waals surface area (Å²) in [6.07, 6.45) is 4.05. The molecule has 0 saturated heterocycles. The summed E-state index contributed by atoms with van der Waals surface area (Å²) in [7, 11) is -3.45. The van der Waals surface area contributed by atoms with Crippen molar-refractivity contribution in [3.8, 4) is 0 Å². The normalized spacial score (nSPS) is 12.2. The van der Waals surface area contributed by atoms with Crippen LogP contribution in [0.5, 0.6) is 0 Å². The van der Waals surface area contributed by atoms with E-state index in [1.807, 2.05) is 0 Å². The predicted molar refractivity (Wildman–Crippen MR) is 153 cm³/mol. The monoisotopic (exact) mass is 573 g/mol. The first kappa shape index (κ1) is 32.6. The summed E-state index contributed by atoms with van der Waals surface area (Å²) in [5.41, 5.74) is 0.809. The minimum atomic E-state index is -3.45. The average Bonchev–Trinajstić information content (AvgIpc) is 2.88. The molecule has 2 aromatic carbocycles. The van der Waals surface area contributed by atoms with Crippen LogP contribution < -0.4 is 5.32 Å². The molecule has 0 atom stereocenters. The Morgan fingerprint density at radius 2 is 1.50 bits per heavy atom. The molecule has 0 bridgehead atoms. The fourth-order valence-corrected chi connectivity index (χ4v) is 4.28. The lowest BCUT2D eigenvalue weighted by Crippen LogP contribution is -2.36. The van der Waals surface area contributed by atoms with Crippen molar-refractivity contribution in [2.45, 2.75) is 63.9 Å². The molecular weight excluding hydrogens is 534 g/mol.